The average Bonchev–Trinajstić information content (AvgIpc) is 2.91. The Balaban J connectivity index is 1.87. The van der Waals surface area contributed by atoms with Crippen LogP contribution in [0, 0.1) is 0 Å². The number of nitrogens with zero attached hydrogens (tertiary/aromatic N) is 3. The summed E-state index contributed by atoms with van der Waals surface area (Å²) in [5.74, 6) is 1.69. The van der Waals surface area contributed by atoms with E-state index >= 15 is 0 Å². The monoisotopic (exact) mass is 407 g/mol. The molecule has 0 saturated carbocycles. The largest absolute Gasteiger partial charge is 0.497 e. The van der Waals surface area contributed by atoms with Gasteiger partial charge in [-0.05, 0) is 52.4 Å². The van der Waals surface area contributed by atoms with E-state index in [1.807, 2.05) is 24.7 Å². The quantitative estimate of drug-likeness (QED) is 0.319. The van der Waals surface area contributed by atoms with Gasteiger partial charge in [0.05, 0.1) is 18.5 Å². The van der Waals surface area contributed by atoms with Crippen LogP contribution in [-0.2, 0) is 5.41 Å². The molecule has 154 valence electrons. The molecule has 0 bridgehead atoms. The molecule has 3 heterocycles. The molecule has 0 amide bonds. The molecule has 0 aliphatic carbocycles. The third-order valence-corrected chi connectivity index (χ3v) is 5.83. The molecule has 0 atom stereocenters. The molecule has 1 aliphatic heterocycles. The van der Waals surface area contributed by atoms with Gasteiger partial charge in [0, 0.05) is 35.8 Å². The number of aromatic nitrogens is 2. The summed E-state index contributed by atoms with van der Waals surface area (Å²) in [5.41, 5.74) is 7.88. The number of hydrogen-bond donors (Lipinski definition) is 0. The van der Waals surface area contributed by atoms with Crippen molar-refractivity contribution in [2.24, 2.45) is 0 Å². The zero-order chi connectivity index (χ0) is 21.6. The van der Waals surface area contributed by atoms with Crippen molar-refractivity contribution < 1.29 is 4.74 Å². The van der Waals surface area contributed by atoms with Crippen molar-refractivity contribution in [1.82, 2.24) is 9.97 Å². The van der Waals surface area contributed by atoms with Gasteiger partial charge in [-0.2, -0.15) is 0 Å². The molecule has 4 heteroatoms. The Morgan fingerprint density at radius 1 is 0.774 bits per heavy atom. The molecule has 31 heavy (non-hydrogen) atoms. The zero-order valence-corrected chi connectivity index (χ0v) is 18.3. The molecule has 2 aromatic carbocycles. The van der Waals surface area contributed by atoms with Gasteiger partial charge in [0.1, 0.15) is 11.6 Å². The van der Waals surface area contributed by atoms with Gasteiger partial charge in [-0.3, -0.25) is 9.88 Å². The van der Waals surface area contributed by atoms with Crippen molar-refractivity contribution >= 4 is 17.2 Å². The van der Waals surface area contributed by atoms with Crippen LogP contribution in [0.4, 0.5) is 17.2 Å². The lowest BCUT2D eigenvalue weighted by atomic mass is 9.87. The van der Waals surface area contributed by atoms with E-state index in [1.54, 1.807) is 7.11 Å². The lowest BCUT2D eigenvalue weighted by Crippen LogP contribution is -2.16. The van der Waals surface area contributed by atoms with Crippen molar-refractivity contribution in [2.75, 3.05) is 12.0 Å². The Kier molecular flexibility index (Phi) is 4.51. The van der Waals surface area contributed by atoms with Crippen molar-refractivity contribution in [3.8, 4) is 28.0 Å². The topological polar surface area (TPSA) is 38.2 Å². The second-order valence-corrected chi connectivity index (χ2v) is 8.81. The molecule has 0 fully saturated rings. The maximum atomic E-state index is 5.60. The maximum absolute atomic E-state index is 5.60. The van der Waals surface area contributed by atoms with E-state index in [-0.39, 0.29) is 5.41 Å². The van der Waals surface area contributed by atoms with Gasteiger partial charge in [-0.1, -0.05) is 45.0 Å². The summed E-state index contributed by atoms with van der Waals surface area (Å²) in [6.45, 7) is 6.66. The van der Waals surface area contributed by atoms with E-state index in [9.17, 15) is 0 Å². The first-order chi connectivity index (χ1) is 15.0. The summed E-state index contributed by atoms with van der Waals surface area (Å²) in [5, 5.41) is 0. The van der Waals surface area contributed by atoms with Crippen LogP contribution in [0.15, 0.2) is 79.3 Å². The van der Waals surface area contributed by atoms with Crippen LogP contribution in [0.5, 0.6) is 5.75 Å². The molecule has 5 rings (SSSR count). The van der Waals surface area contributed by atoms with Crippen molar-refractivity contribution in [2.45, 2.75) is 26.2 Å². The first-order valence-electron chi connectivity index (χ1n) is 10.5. The first-order valence-corrected chi connectivity index (χ1v) is 10.5. The highest BCUT2D eigenvalue weighted by Gasteiger charge is 2.28. The summed E-state index contributed by atoms with van der Waals surface area (Å²) in [4.78, 5) is 11.5. The van der Waals surface area contributed by atoms with Crippen LogP contribution in [0.2, 0.25) is 0 Å². The first kappa shape index (κ1) is 19.3. The fourth-order valence-corrected chi connectivity index (χ4v) is 4.18. The van der Waals surface area contributed by atoms with E-state index in [1.165, 1.54) is 11.1 Å². The van der Waals surface area contributed by atoms with Crippen LogP contribution >= 0.6 is 0 Å². The van der Waals surface area contributed by atoms with E-state index in [2.05, 4.69) is 85.3 Å². The van der Waals surface area contributed by atoms with Gasteiger partial charge < -0.3 is 4.74 Å². The number of anilines is 3. The van der Waals surface area contributed by atoms with E-state index in [0.717, 1.165) is 39.6 Å². The minimum Gasteiger partial charge on any atom is -0.497 e. The Hall–Kier alpha value is -3.66. The number of methoxy groups -OCH3 is 1. The molecular weight excluding hydrogens is 382 g/mol. The van der Waals surface area contributed by atoms with E-state index in [0.29, 0.717) is 0 Å². The van der Waals surface area contributed by atoms with Crippen molar-refractivity contribution in [1.29, 1.82) is 0 Å². The smallest absolute Gasteiger partial charge is 0.137 e. The minimum atomic E-state index is 0.0186. The summed E-state index contributed by atoms with van der Waals surface area (Å²) in [6, 6.07) is 21.1. The van der Waals surface area contributed by atoms with Crippen LogP contribution in [0.25, 0.3) is 22.3 Å². The number of fused-ring (bicyclic) bond motifs is 5. The Labute approximate surface area is 183 Å². The molecule has 0 radical (unpaired) electrons. The Morgan fingerprint density at radius 2 is 1.55 bits per heavy atom. The maximum Gasteiger partial charge on any atom is 0.137 e. The van der Waals surface area contributed by atoms with E-state index in [4.69, 9.17) is 9.72 Å². The lowest BCUT2D eigenvalue weighted by molar-refractivity contribution is 0.415. The molecule has 0 spiro atoms. The fourth-order valence-electron chi connectivity index (χ4n) is 4.18. The summed E-state index contributed by atoms with van der Waals surface area (Å²) >= 11 is 0. The lowest BCUT2D eigenvalue weighted by Gasteiger charge is -2.28. The number of hydrogen-bond acceptors (Lipinski definition) is 4. The normalized spacial score (nSPS) is 12.5. The fraction of sp³-hybridized carbons (Fsp3) is 0.185. The predicted octanol–water partition coefficient (Wildman–Crippen LogP) is 6.90. The summed E-state index contributed by atoms with van der Waals surface area (Å²) in [6.07, 6.45) is 5.68. The third-order valence-electron chi connectivity index (χ3n) is 5.83. The highest BCUT2D eigenvalue weighted by molar-refractivity contribution is 6.01. The highest BCUT2D eigenvalue weighted by atomic mass is 16.5. The second kappa shape index (κ2) is 7.24. The molecule has 4 aromatic rings. The average molecular weight is 408 g/mol. The molecule has 2 aromatic heterocycles. The number of ether oxygens (including phenoxy) is 1. The SMILES string of the molecule is COc1ccc2c(c1)N(c1cc(C(C)(C)C)ccn1)c1ccncc1-c1ccccc1-2. The van der Waals surface area contributed by atoms with Gasteiger partial charge in [-0.15, -0.1) is 0 Å². The van der Waals surface area contributed by atoms with Crippen molar-refractivity contribution in [3.05, 3.63) is 84.8 Å². The molecule has 0 N–H and O–H groups in total. The van der Waals surface area contributed by atoms with Gasteiger partial charge in [0.15, 0.2) is 0 Å². The summed E-state index contributed by atoms with van der Waals surface area (Å²) in [7, 11) is 1.70. The number of rotatable bonds is 2. The Bertz CT molecular complexity index is 1270. The zero-order valence-electron chi connectivity index (χ0n) is 18.3. The predicted molar refractivity (Wildman–Crippen MR) is 126 cm³/mol. The minimum absolute atomic E-state index is 0.0186. The number of pyridine rings is 2. The molecule has 0 saturated heterocycles. The van der Waals surface area contributed by atoms with Crippen LogP contribution in [0.3, 0.4) is 0 Å². The highest BCUT2D eigenvalue weighted by Crippen LogP contribution is 2.50. The van der Waals surface area contributed by atoms with Crippen molar-refractivity contribution in [3.63, 3.8) is 0 Å². The van der Waals surface area contributed by atoms with Gasteiger partial charge >= 0.3 is 0 Å². The number of benzene rings is 2. The molecule has 0 unspecified atom stereocenters. The van der Waals surface area contributed by atoms with Crippen LogP contribution in [-0.4, -0.2) is 17.1 Å². The van der Waals surface area contributed by atoms with Crippen LogP contribution in [0.1, 0.15) is 26.3 Å². The molecule has 1 aliphatic rings. The molecule has 4 nitrogen and oxygen atoms in total. The third kappa shape index (κ3) is 3.25. The van der Waals surface area contributed by atoms with Crippen LogP contribution < -0.4 is 9.64 Å². The Morgan fingerprint density at radius 3 is 2.29 bits per heavy atom. The second-order valence-electron chi connectivity index (χ2n) is 8.81. The standard InChI is InChI=1S/C27H25N3O/c1-27(2,3)18-11-14-29-26(15-18)30-24-12-13-28-17-23(24)21-8-6-5-7-20(21)22-10-9-19(31-4)16-25(22)30/h5-17H,1-4H3. The van der Waals surface area contributed by atoms with Gasteiger partial charge in [0.25, 0.3) is 0 Å². The molecular formula is C27H25N3O. The summed E-state index contributed by atoms with van der Waals surface area (Å²) < 4.78 is 5.60. The van der Waals surface area contributed by atoms with Gasteiger partial charge in [0.2, 0.25) is 0 Å². The van der Waals surface area contributed by atoms with Gasteiger partial charge in [-0.25, -0.2) is 4.98 Å². The van der Waals surface area contributed by atoms with E-state index < -0.39 is 0 Å².